The summed E-state index contributed by atoms with van der Waals surface area (Å²) in [6, 6.07) is 6.20. The van der Waals surface area contributed by atoms with Gasteiger partial charge >= 0.3 is 0 Å². The molecule has 1 aromatic rings. The van der Waals surface area contributed by atoms with Crippen molar-refractivity contribution < 1.29 is 14.2 Å². The van der Waals surface area contributed by atoms with E-state index in [0.717, 1.165) is 29.3 Å². The first-order chi connectivity index (χ1) is 11.6. The lowest BCUT2D eigenvalue weighted by atomic mass is 9.54. The first-order valence-electron chi connectivity index (χ1n) is 9.51. The molecule has 3 heteroatoms. The smallest absolute Gasteiger partial charge is 0.189 e. The Morgan fingerprint density at radius 1 is 1.00 bits per heavy atom. The van der Waals surface area contributed by atoms with E-state index in [9.17, 15) is 0 Å². The maximum atomic E-state index is 6.35. The van der Waals surface area contributed by atoms with Crippen LogP contribution in [0.25, 0.3) is 0 Å². The quantitative estimate of drug-likeness (QED) is 0.676. The minimum absolute atomic E-state index is 0.0971. The minimum atomic E-state index is 0.0971. The van der Waals surface area contributed by atoms with Crippen molar-refractivity contribution in [3.05, 3.63) is 23.8 Å². The Bertz CT molecular complexity index is 557. The SMILES string of the molecule is COc1cc(C(C)C)ccc1OCOC12CC3CC(CC(C3)C1)C2. The second-order valence-corrected chi connectivity index (χ2v) is 8.57. The largest absolute Gasteiger partial charge is 0.493 e. The Kier molecular flexibility index (Phi) is 4.24. The molecule has 4 aliphatic rings. The normalized spacial score (nSPS) is 33.9. The molecule has 4 bridgehead atoms. The summed E-state index contributed by atoms with van der Waals surface area (Å²) in [6.07, 6.45) is 8.04. The molecule has 0 spiro atoms. The zero-order chi connectivity index (χ0) is 16.7. The lowest BCUT2D eigenvalue weighted by Crippen LogP contribution is -2.52. The Hall–Kier alpha value is -1.22. The van der Waals surface area contributed by atoms with Crippen molar-refractivity contribution in [3.8, 4) is 11.5 Å². The van der Waals surface area contributed by atoms with Crippen LogP contribution in [0.3, 0.4) is 0 Å². The van der Waals surface area contributed by atoms with E-state index in [1.54, 1.807) is 7.11 Å². The van der Waals surface area contributed by atoms with E-state index in [-0.39, 0.29) is 5.60 Å². The number of ether oxygens (including phenoxy) is 3. The van der Waals surface area contributed by atoms with Crippen LogP contribution in [0.1, 0.15) is 63.9 Å². The molecule has 0 aliphatic heterocycles. The summed E-state index contributed by atoms with van der Waals surface area (Å²) >= 11 is 0. The molecule has 0 radical (unpaired) electrons. The lowest BCUT2D eigenvalue weighted by molar-refractivity contribution is -0.190. The fraction of sp³-hybridized carbons (Fsp3) is 0.714. The van der Waals surface area contributed by atoms with E-state index < -0.39 is 0 Å². The molecule has 0 N–H and O–H groups in total. The molecule has 1 aromatic carbocycles. The molecular formula is C21H30O3. The maximum absolute atomic E-state index is 6.35. The number of benzene rings is 1. The van der Waals surface area contributed by atoms with Crippen molar-refractivity contribution in [1.82, 2.24) is 0 Å². The van der Waals surface area contributed by atoms with Gasteiger partial charge in [0.25, 0.3) is 0 Å². The van der Waals surface area contributed by atoms with Gasteiger partial charge in [-0.15, -0.1) is 0 Å². The van der Waals surface area contributed by atoms with E-state index in [2.05, 4.69) is 26.0 Å². The lowest BCUT2D eigenvalue weighted by Gasteiger charge is -2.56. The third-order valence-electron chi connectivity index (χ3n) is 6.42. The fourth-order valence-electron chi connectivity index (χ4n) is 5.59. The minimum Gasteiger partial charge on any atom is -0.493 e. The molecule has 3 nitrogen and oxygen atoms in total. The van der Waals surface area contributed by atoms with Crippen LogP contribution in [0.5, 0.6) is 11.5 Å². The first kappa shape index (κ1) is 16.3. The van der Waals surface area contributed by atoms with Gasteiger partial charge in [0.15, 0.2) is 18.3 Å². The van der Waals surface area contributed by atoms with Crippen LogP contribution in [0, 0.1) is 17.8 Å². The summed E-state index contributed by atoms with van der Waals surface area (Å²) in [6.45, 7) is 4.71. The van der Waals surface area contributed by atoms with E-state index in [0.29, 0.717) is 12.7 Å². The molecule has 0 aromatic heterocycles. The van der Waals surface area contributed by atoms with Crippen LogP contribution < -0.4 is 9.47 Å². The Labute approximate surface area is 145 Å². The van der Waals surface area contributed by atoms with Gasteiger partial charge in [0.2, 0.25) is 0 Å². The highest BCUT2D eigenvalue weighted by atomic mass is 16.7. The summed E-state index contributed by atoms with van der Waals surface area (Å²) in [7, 11) is 1.70. The van der Waals surface area contributed by atoms with Crippen molar-refractivity contribution in [2.45, 2.75) is 63.9 Å². The second-order valence-electron chi connectivity index (χ2n) is 8.57. The van der Waals surface area contributed by atoms with Crippen LogP contribution >= 0.6 is 0 Å². The molecule has 4 aliphatic carbocycles. The van der Waals surface area contributed by atoms with E-state index in [4.69, 9.17) is 14.2 Å². The predicted octanol–water partition coefficient (Wildman–Crippen LogP) is 5.14. The number of hydrogen-bond donors (Lipinski definition) is 0. The highest BCUT2D eigenvalue weighted by molar-refractivity contribution is 5.43. The predicted molar refractivity (Wildman–Crippen MR) is 94.6 cm³/mol. The second kappa shape index (κ2) is 6.25. The summed E-state index contributed by atoms with van der Waals surface area (Å²) in [5.74, 6) is 4.77. The zero-order valence-corrected chi connectivity index (χ0v) is 15.2. The molecule has 4 saturated carbocycles. The van der Waals surface area contributed by atoms with Crippen LogP contribution in [0.15, 0.2) is 18.2 Å². The summed E-state index contributed by atoms with van der Waals surface area (Å²) in [5, 5.41) is 0. The van der Waals surface area contributed by atoms with Gasteiger partial charge in [-0.05, 0) is 79.9 Å². The van der Waals surface area contributed by atoms with Crippen LogP contribution in [0.2, 0.25) is 0 Å². The molecular weight excluding hydrogens is 300 g/mol. The monoisotopic (exact) mass is 330 g/mol. The molecule has 0 unspecified atom stereocenters. The molecule has 5 rings (SSSR count). The van der Waals surface area contributed by atoms with E-state index in [1.165, 1.54) is 44.1 Å². The molecule has 0 heterocycles. The summed E-state index contributed by atoms with van der Waals surface area (Å²) in [5.41, 5.74) is 1.36. The van der Waals surface area contributed by atoms with Gasteiger partial charge in [0, 0.05) is 0 Å². The third-order valence-corrected chi connectivity index (χ3v) is 6.42. The van der Waals surface area contributed by atoms with Gasteiger partial charge in [0.05, 0.1) is 12.7 Å². The van der Waals surface area contributed by atoms with E-state index >= 15 is 0 Å². The van der Waals surface area contributed by atoms with E-state index in [1.807, 2.05) is 6.07 Å². The van der Waals surface area contributed by atoms with Gasteiger partial charge in [0.1, 0.15) is 0 Å². The summed E-state index contributed by atoms with van der Waals surface area (Å²) in [4.78, 5) is 0. The van der Waals surface area contributed by atoms with Crippen molar-refractivity contribution in [3.63, 3.8) is 0 Å². The Morgan fingerprint density at radius 3 is 2.17 bits per heavy atom. The van der Waals surface area contributed by atoms with Crippen molar-refractivity contribution in [2.24, 2.45) is 17.8 Å². The maximum Gasteiger partial charge on any atom is 0.189 e. The van der Waals surface area contributed by atoms with Gasteiger partial charge < -0.3 is 14.2 Å². The highest BCUT2D eigenvalue weighted by Gasteiger charge is 2.51. The number of rotatable bonds is 6. The third kappa shape index (κ3) is 3.03. The van der Waals surface area contributed by atoms with Gasteiger partial charge in [-0.25, -0.2) is 0 Å². The van der Waals surface area contributed by atoms with Gasteiger partial charge in [-0.3, -0.25) is 0 Å². The van der Waals surface area contributed by atoms with Gasteiger partial charge in [-0.2, -0.15) is 0 Å². The molecule has 0 atom stereocenters. The molecule has 0 saturated heterocycles. The number of hydrogen-bond acceptors (Lipinski definition) is 3. The Balaban J connectivity index is 1.39. The van der Waals surface area contributed by atoms with Crippen LogP contribution in [-0.2, 0) is 4.74 Å². The topological polar surface area (TPSA) is 27.7 Å². The van der Waals surface area contributed by atoms with Crippen molar-refractivity contribution in [2.75, 3.05) is 13.9 Å². The average Bonchev–Trinajstić information content (AvgIpc) is 2.53. The van der Waals surface area contributed by atoms with Crippen molar-refractivity contribution >= 4 is 0 Å². The summed E-state index contributed by atoms with van der Waals surface area (Å²) < 4.78 is 17.8. The fourth-order valence-corrected chi connectivity index (χ4v) is 5.59. The number of methoxy groups -OCH3 is 1. The van der Waals surface area contributed by atoms with Crippen LogP contribution in [-0.4, -0.2) is 19.5 Å². The van der Waals surface area contributed by atoms with Crippen molar-refractivity contribution in [1.29, 1.82) is 0 Å². The van der Waals surface area contributed by atoms with Gasteiger partial charge in [-0.1, -0.05) is 19.9 Å². The molecule has 132 valence electrons. The average molecular weight is 330 g/mol. The standard InChI is InChI=1S/C21H30O3/c1-14(2)18-4-5-19(20(9-18)22-3)23-13-24-21-10-15-6-16(11-21)8-17(7-15)12-21/h4-5,9,14-17H,6-8,10-13H2,1-3H3. The molecule has 0 amide bonds. The Morgan fingerprint density at radius 2 is 1.62 bits per heavy atom. The zero-order valence-electron chi connectivity index (χ0n) is 15.2. The first-order valence-corrected chi connectivity index (χ1v) is 9.51. The highest BCUT2D eigenvalue weighted by Crippen LogP contribution is 2.57. The molecule has 4 fully saturated rings. The molecule has 24 heavy (non-hydrogen) atoms. The van der Waals surface area contributed by atoms with Crippen LogP contribution in [0.4, 0.5) is 0 Å².